The molecular weight excluding hydrogens is 386 g/mol. The molecule has 2 heterocycles. The molecule has 29 heavy (non-hydrogen) atoms. The first kappa shape index (κ1) is 17.9. The Labute approximate surface area is 171 Å². The zero-order valence-electron chi connectivity index (χ0n) is 16.1. The largest absolute Gasteiger partial charge is 0.497 e. The predicted octanol–water partition coefficient (Wildman–Crippen LogP) is 4.41. The number of Topliss-reactive ketones (excluding diaryl/α,β-unsaturated/α-hetero) is 1. The highest BCUT2D eigenvalue weighted by molar-refractivity contribution is 7.20. The number of nitrogens with zero attached hydrogens (tertiary/aromatic N) is 3. The summed E-state index contributed by atoms with van der Waals surface area (Å²) < 4.78 is 13.8. The van der Waals surface area contributed by atoms with Crippen LogP contribution in [0.1, 0.15) is 34.0 Å². The Morgan fingerprint density at radius 1 is 1.10 bits per heavy atom. The molecule has 7 heteroatoms. The van der Waals surface area contributed by atoms with Gasteiger partial charge in [0.1, 0.15) is 11.5 Å². The van der Waals surface area contributed by atoms with E-state index in [4.69, 9.17) is 14.5 Å². The van der Waals surface area contributed by atoms with Crippen molar-refractivity contribution in [2.45, 2.75) is 18.8 Å². The second kappa shape index (κ2) is 7.00. The number of rotatable bonds is 4. The van der Waals surface area contributed by atoms with Gasteiger partial charge in [0.25, 0.3) is 0 Å². The van der Waals surface area contributed by atoms with Crippen LogP contribution in [-0.2, 0) is 6.42 Å². The van der Waals surface area contributed by atoms with E-state index in [-0.39, 0.29) is 11.7 Å². The van der Waals surface area contributed by atoms with Crippen LogP contribution in [-0.4, -0.2) is 34.8 Å². The van der Waals surface area contributed by atoms with Gasteiger partial charge in [-0.1, -0.05) is 29.5 Å². The van der Waals surface area contributed by atoms with Crippen LogP contribution in [0.3, 0.4) is 0 Å². The second-order valence-corrected chi connectivity index (χ2v) is 8.03. The van der Waals surface area contributed by atoms with Crippen molar-refractivity contribution >= 4 is 27.3 Å². The number of aromatic nitrogens is 3. The minimum absolute atomic E-state index is 0.0145. The van der Waals surface area contributed by atoms with Gasteiger partial charge in [-0.25, -0.2) is 9.67 Å². The number of carbonyl (C=O) groups is 1. The Hall–Kier alpha value is -3.19. The Bertz CT molecular complexity index is 1190. The van der Waals surface area contributed by atoms with E-state index in [1.807, 2.05) is 47.1 Å². The molecule has 0 unspecified atom stereocenters. The molecule has 0 bridgehead atoms. The first-order valence-electron chi connectivity index (χ1n) is 9.36. The van der Waals surface area contributed by atoms with Gasteiger partial charge < -0.3 is 9.47 Å². The minimum Gasteiger partial charge on any atom is -0.497 e. The average Bonchev–Trinajstić information content (AvgIpc) is 3.37. The van der Waals surface area contributed by atoms with Gasteiger partial charge in [0.15, 0.2) is 5.78 Å². The summed E-state index contributed by atoms with van der Waals surface area (Å²) in [5.74, 6) is 1.58. The van der Waals surface area contributed by atoms with Gasteiger partial charge in [-0.3, -0.25) is 4.79 Å². The van der Waals surface area contributed by atoms with Gasteiger partial charge in [-0.05, 0) is 30.2 Å². The fourth-order valence-electron chi connectivity index (χ4n) is 3.93. The molecule has 0 radical (unpaired) electrons. The molecule has 146 valence electrons. The number of ether oxygens (including phenoxy) is 2. The second-order valence-electron chi connectivity index (χ2n) is 7.02. The highest BCUT2D eigenvalue weighted by Gasteiger charge is 2.32. The smallest absolute Gasteiger partial charge is 0.211 e. The van der Waals surface area contributed by atoms with Crippen LogP contribution < -0.4 is 9.47 Å². The summed E-state index contributed by atoms with van der Waals surface area (Å²) in [6, 6.07) is 13.8. The average molecular weight is 405 g/mol. The molecule has 0 spiro atoms. The maximum Gasteiger partial charge on any atom is 0.211 e. The van der Waals surface area contributed by atoms with Gasteiger partial charge >= 0.3 is 0 Å². The lowest BCUT2D eigenvalue weighted by atomic mass is 9.82. The summed E-state index contributed by atoms with van der Waals surface area (Å²) in [7, 11) is 3.27. The normalized spacial score (nSPS) is 16.1. The van der Waals surface area contributed by atoms with Crippen molar-refractivity contribution in [3.05, 3.63) is 65.5 Å². The fourth-order valence-corrected chi connectivity index (χ4v) is 4.88. The number of para-hydroxylation sites is 1. The summed E-state index contributed by atoms with van der Waals surface area (Å²) in [4.78, 5) is 17.6. The number of ketones is 1. The van der Waals surface area contributed by atoms with Crippen LogP contribution in [0.25, 0.3) is 15.3 Å². The quantitative estimate of drug-likeness (QED) is 0.503. The van der Waals surface area contributed by atoms with E-state index in [2.05, 4.69) is 5.10 Å². The first-order valence-corrected chi connectivity index (χ1v) is 10.2. The van der Waals surface area contributed by atoms with Crippen molar-refractivity contribution in [3.8, 4) is 16.6 Å². The van der Waals surface area contributed by atoms with Gasteiger partial charge in [-0.15, -0.1) is 0 Å². The third-order valence-corrected chi connectivity index (χ3v) is 6.40. The standard InChI is InChI=1S/C22H19N3O3S/c1-27-14-7-8-15(20(11-14)28-2)13-9-18-16(19(26)10-13)12-23-25(18)22-24-17-5-3-4-6-21(17)29-22/h3-8,11-13H,9-10H2,1-2H3/t13-/m0/s1. The molecule has 0 aliphatic heterocycles. The van der Waals surface area contributed by atoms with Crippen molar-refractivity contribution < 1.29 is 14.3 Å². The van der Waals surface area contributed by atoms with Crippen molar-refractivity contribution in [3.63, 3.8) is 0 Å². The Morgan fingerprint density at radius 2 is 1.97 bits per heavy atom. The Morgan fingerprint density at radius 3 is 2.76 bits per heavy atom. The third-order valence-electron chi connectivity index (χ3n) is 5.39. The lowest BCUT2D eigenvalue weighted by Gasteiger charge is -2.24. The number of benzene rings is 2. The van der Waals surface area contributed by atoms with Crippen LogP contribution in [0.15, 0.2) is 48.7 Å². The minimum atomic E-state index is 0.0145. The van der Waals surface area contributed by atoms with Crippen LogP contribution in [0, 0.1) is 0 Å². The van der Waals surface area contributed by atoms with Crippen molar-refractivity contribution in [2.24, 2.45) is 0 Å². The molecule has 0 fully saturated rings. The summed E-state index contributed by atoms with van der Waals surface area (Å²) in [6.07, 6.45) is 2.80. The number of hydrogen-bond acceptors (Lipinski definition) is 6. The summed E-state index contributed by atoms with van der Waals surface area (Å²) in [6.45, 7) is 0. The molecular formula is C22H19N3O3S. The Balaban J connectivity index is 1.56. The number of thiazole rings is 1. The van der Waals surface area contributed by atoms with E-state index in [1.165, 1.54) is 0 Å². The summed E-state index contributed by atoms with van der Waals surface area (Å²) in [5.41, 5.74) is 3.53. The topological polar surface area (TPSA) is 66.2 Å². The van der Waals surface area contributed by atoms with Crippen molar-refractivity contribution in [2.75, 3.05) is 14.2 Å². The van der Waals surface area contributed by atoms with Crippen LogP contribution in [0.2, 0.25) is 0 Å². The van der Waals surface area contributed by atoms with Crippen LogP contribution in [0.4, 0.5) is 0 Å². The lowest BCUT2D eigenvalue weighted by Crippen LogP contribution is -2.20. The summed E-state index contributed by atoms with van der Waals surface area (Å²) >= 11 is 1.58. The van der Waals surface area contributed by atoms with Crippen molar-refractivity contribution in [1.82, 2.24) is 14.8 Å². The predicted molar refractivity (Wildman–Crippen MR) is 112 cm³/mol. The molecule has 2 aromatic heterocycles. The Kier molecular flexibility index (Phi) is 4.32. The van der Waals surface area contributed by atoms with E-state index in [0.717, 1.165) is 38.1 Å². The van der Waals surface area contributed by atoms with E-state index >= 15 is 0 Å². The molecule has 5 rings (SSSR count). The molecule has 0 amide bonds. The highest BCUT2D eigenvalue weighted by atomic mass is 32.1. The zero-order valence-corrected chi connectivity index (χ0v) is 16.9. The van der Waals surface area contributed by atoms with E-state index in [1.54, 1.807) is 31.8 Å². The SMILES string of the molecule is COc1ccc([C@@H]2CC(=O)c3cnn(-c4nc5ccccc5s4)c3C2)c(OC)c1. The monoisotopic (exact) mass is 405 g/mol. The van der Waals surface area contributed by atoms with Crippen LogP contribution in [0.5, 0.6) is 11.5 Å². The number of methoxy groups -OCH3 is 2. The molecule has 2 aromatic carbocycles. The van der Waals surface area contributed by atoms with Gasteiger partial charge in [-0.2, -0.15) is 5.10 Å². The molecule has 0 N–H and O–H groups in total. The number of fused-ring (bicyclic) bond motifs is 2. The molecule has 1 atom stereocenters. The number of carbonyl (C=O) groups excluding carboxylic acids is 1. The van der Waals surface area contributed by atoms with Gasteiger partial charge in [0.05, 0.1) is 41.9 Å². The molecule has 0 saturated heterocycles. The van der Waals surface area contributed by atoms with E-state index < -0.39 is 0 Å². The molecule has 6 nitrogen and oxygen atoms in total. The van der Waals surface area contributed by atoms with E-state index in [0.29, 0.717) is 18.4 Å². The fraction of sp³-hybridized carbons (Fsp3) is 0.227. The lowest BCUT2D eigenvalue weighted by molar-refractivity contribution is 0.0963. The molecule has 0 saturated carbocycles. The summed E-state index contributed by atoms with van der Waals surface area (Å²) in [5, 5.41) is 5.28. The highest BCUT2D eigenvalue weighted by Crippen LogP contribution is 2.39. The van der Waals surface area contributed by atoms with E-state index in [9.17, 15) is 4.79 Å². The van der Waals surface area contributed by atoms with Crippen molar-refractivity contribution in [1.29, 1.82) is 0 Å². The van der Waals surface area contributed by atoms with Crippen LogP contribution >= 0.6 is 11.3 Å². The molecule has 4 aromatic rings. The maximum atomic E-state index is 12.9. The molecule has 1 aliphatic carbocycles. The molecule has 1 aliphatic rings. The third kappa shape index (κ3) is 2.98. The van der Waals surface area contributed by atoms with Gasteiger partial charge in [0, 0.05) is 18.4 Å². The zero-order chi connectivity index (χ0) is 20.0. The number of hydrogen-bond donors (Lipinski definition) is 0. The van der Waals surface area contributed by atoms with Gasteiger partial charge in [0.2, 0.25) is 5.13 Å². The first-order chi connectivity index (χ1) is 14.2. The maximum absolute atomic E-state index is 12.9.